The molecule has 1 aliphatic heterocycles. The number of aliphatic hydroxyl groups is 1. The number of nitrogens with zero attached hydrogens (tertiary/aromatic N) is 2. The number of ether oxygens (including phenoxy) is 1. The van der Waals surface area contributed by atoms with E-state index >= 15 is 0 Å². The van der Waals surface area contributed by atoms with Gasteiger partial charge in [0.05, 0.1) is 29.6 Å². The molecule has 4 nitrogen and oxygen atoms in total. The molecule has 2 heterocycles. The van der Waals surface area contributed by atoms with Gasteiger partial charge in [-0.1, -0.05) is 18.2 Å². The molecule has 1 aromatic heterocycles. The van der Waals surface area contributed by atoms with Gasteiger partial charge in [0.1, 0.15) is 23.8 Å². The van der Waals surface area contributed by atoms with Gasteiger partial charge in [-0.3, -0.25) is 0 Å². The van der Waals surface area contributed by atoms with Crippen LogP contribution in [0.2, 0.25) is 0 Å². The summed E-state index contributed by atoms with van der Waals surface area (Å²) in [4.78, 5) is 4.48. The number of fused-ring (bicyclic) bond motifs is 3. The van der Waals surface area contributed by atoms with Gasteiger partial charge in [0.2, 0.25) is 0 Å². The summed E-state index contributed by atoms with van der Waals surface area (Å²) in [6.07, 6.45) is -2.71. The molecule has 28 heavy (non-hydrogen) atoms. The van der Waals surface area contributed by atoms with Gasteiger partial charge in [0, 0.05) is 0 Å². The molecule has 2 aromatic carbocycles. The van der Waals surface area contributed by atoms with E-state index in [0.717, 1.165) is 23.3 Å². The number of hydrogen-bond acceptors (Lipinski definition) is 3. The summed E-state index contributed by atoms with van der Waals surface area (Å²) >= 11 is 0. The lowest BCUT2D eigenvalue weighted by Crippen LogP contribution is -2.22. The average molecular weight is 388 g/mol. The van der Waals surface area contributed by atoms with Gasteiger partial charge >= 0.3 is 6.18 Å². The van der Waals surface area contributed by atoms with Crippen molar-refractivity contribution in [2.45, 2.75) is 32.2 Å². The minimum atomic E-state index is -4.36. The van der Waals surface area contributed by atoms with Gasteiger partial charge in [-0.05, 0) is 49.2 Å². The standard InChI is InChI=1S/C21H19F3N2O2/c1-20(2,27)18-12-25-19-16-11-14(5-8-17(16)28-10-9-26(18)19)13-3-6-15(7-4-13)21(22,23)24/h3-8,11-12,27H,9-10H2,1-2H3. The first-order chi connectivity index (χ1) is 13.1. The summed E-state index contributed by atoms with van der Waals surface area (Å²) in [6.45, 7) is 4.36. The lowest BCUT2D eigenvalue weighted by Gasteiger charge is -2.19. The normalized spacial score (nSPS) is 14.1. The largest absolute Gasteiger partial charge is 0.491 e. The van der Waals surface area contributed by atoms with E-state index in [-0.39, 0.29) is 0 Å². The third kappa shape index (κ3) is 3.26. The Bertz CT molecular complexity index is 1020. The summed E-state index contributed by atoms with van der Waals surface area (Å²) in [7, 11) is 0. The maximum atomic E-state index is 12.8. The van der Waals surface area contributed by atoms with Crippen molar-refractivity contribution in [1.82, 2.24) is 9.55 Å². The van der Waals surface area contributed by atoms with Crippen LogP contribution in [0.25, 0.3) is 22.5 Å². The van der Waals surface area contributed by atoms with Gasteiger partial charge in [-0.25, -0.2) is 4.98 Å². The lowest BCUT2D eigenvalue weighted by molar-refractivity contribution is -0.137. The summed E-state index contributed by atoms with van der Waals surface area (Å²) in [5.41, 5.74) is 1.11. The molecule has 0 saturated heterocycles. The molecule has 0 atom stereocenters. The van der Waals surface area contributed by atoms with Crippen LogP contribution in [0.1, 0.15) is 25.1 Å². The molecule has 0 fully saturated rings. The predicted octanol–water partition coefficient (Wildman–Crippen LogP) is 4.86. The van der Waals surface area contributed by atoms with Gasteiger partial charge < -0.3 is 14.4 Å². The molecule has 0 amide bonds. The Balaban J connectivity index is 1.79. The Morgan fingerprint density at radius 2 is 1.71 bits per heavy atom. The van der Waals surface area contributed by atoms with E-state index in [2.05, 4.69) is 4.98 Å². The average Bonchev–Trinajstić information content (AvgIpc) is 2.98. The van der Waals surface area contributed by atoms with Crippen LogP contribution in [0.3, 0.4) is 0 Å². The fourth-order valence-electron chi connectivity index (χ4n) is 3.41. The van der Waals surface area contributed by atoms with Crippen molar-refractivity contribution in [3.8, 4) is 28.3 Å². The number of benzene rings is 2. The quantitative estimate of drug-likeness (QED) is 0.682. The number of aromatic nitrogens is 2. The summed E-state index contributed by atoms with van der Waals surface area (Å²) in [6, 6.07) is 10.5. The zero-order valence-corrected chi connectivity index (χ0v) is 15.4. The van der Waals surface area contributed by atoms with E-state index < -0.39 is 17.3 Å². The van der Waals surface area contributed by atoms with Crippen molar-refractivity contribution in [3.05, 3.63) is 59.9 Å². The second-order valence-electron chi connectivity index (χ2n) is 7.31. The highest BCUT2D eigenvalue weighted by Crippen LogP contribution is 2.38. The zero-order chi connectivity index (χ0) is 20.1. The van der Waals surface area contributed by atoms with Crippen LogP contribution < -0.4 is 4.74 Å². The summed E-state index contributed by atoms with van der Waals surface area (Å²) < 4.78 is 46.2. The van der Waals surface area contributed by atoms with Gasteiger partial charge in [0.15, 0.2) is 0 Å². The lowest BCUT2D eigenvalue weighted by atomic mass is 10.0. The smallest absolute Gasteiger partial charge is 0.416 e. The molecule has 3 aromatic rings. The Kier molecular flexibility index (Phi) is 4.23. The van der Waals surface area contributed by atoms with Gasteiger partial charge in [-0.2, -0.15) is 13.2 Å². The maximum Gasteiger partial charge on any atom is 0.416 e. The first kappa shape index (κ1) is 18.6. The first-order valence-electron chi connectivity index (χ1n) is 8.88. The molecule has 0 aliphatic carbocycles. The van der Waals surface area contributed by atoms with Crippen LogP contribution in [0.15, 0.2) is 48.7 Å². The van der Waals surface area contributed by atoms with Crippen LogP contribution in [-0.2, 0) is 18.3 Å². The first-order valence-corrected chi connectivity index (χ1v) is 8.88. The molecule has 146 valence electrons. The minimum absolute atomic E-state index is 0.430. The topological polar surface area (TPSA) is 47.3 Å². The molecule has 0 saturated carbocycles. The second kappa shape index (κ2) is 6.38. The predicted molar refractivity (Wildman–Crippen MR) is 98.8 cm³/mol. The molecule has 4 rings (SSSR count). The molecule has 0 radical (unpaired) electrons. The van der Waals surface area contributed by atoms with E-state index in [9.17, 15) is 18.3 Å². The van der Waals surface area contributed by atoms with E-state index in [1.807, 2.05) is 16.7 Å². The minimum Gasteiger partial charge on any atom is -0.491 e. The van der Waals surface area contributed by atoms with Crippen molar-refractivity contribution < 1.29 is 23.0 Å². The highest BCUT2D eigenvalue weighted by Gasteiger charge is 2.30. The Morgan fingerprint density at radius 3 is 2.36 bits per heavy atom. The fraction of sp³-hybridized carbons (Fsp3) is 0.286. The molecule has 7 heteroatoms. The maximum absolute atomic E-state index is 12.8. The summed E-state index contributed by atoms with van der Waals surface area (Å²) in [5.74, 6) is 1.32. The number of hydrogen-bond donors (Lipinski definition) is 1. The Labute approximate surface area is 160 Å². The summed E-state index contributed by atoms with van der Waals surface area (Å²) in [5, 5.41) is 10.4. The number of halogens is 3. The van der Waals surface area contributed by atoms with Crippen molar-refractivity contribution in [2.75, 3.05) is 6.61 Å². The second-order valence-corrected chi connectivity index (χ2v) is 7.31. The SMILES string of the molecule is CC(C)(O)c1cnc2n1CCOc1ccc(-c3ccc(C(F)(F)F)cc3)cc1-2. The molecule has 1 aliphatic rings. The van der Waals surface area contributed by atoms with Crippen LogP contribution in [-0.4, -0.2) is 21.3 Å². The fourth-order valence-corrected chi connectivity index (χ4v) is 3.41. The van der Waals surface area contributed by atoms with Crippen LogP contribution in [0.4, 0.5) is 13.2 Å². The monoisotopic (exact) mass is 388 g/mol. The molecule has 0 unspecified atom stereocenters. The number of imidazole rings is 1. The van der Waals surface area contributed by atoms with E-state index in [0.29, 0.717) is 36.0 Å². The van der Waals surface area contributed by atoms with Gasteiger partial charge in [-0.15, -0.1) is 0 Å². The van der Waals surface area contributed by atoms with Crippen LogP contribution >= 0.6 is 0 Å². The highest BCUT2D eigenvalue weighted by atomic mass is 19.4. The number of alkyl halides is 3. The Hall–Kier alpha value is -2.80. The van der Waals surface area contributed by atoms with Gasteiger partial charge in [0.25, 0.3) is 0 Å². The third-order valence-electron chi connectivity index (χ3n) is 4.82. The van der Waals surface area contributed by atoms with Crippen molar-refractivity contribution in [3.63, 3.8) is 0 Å². The van der Waals surface area contributed by atoms with E-state index in [1.165, 1.54) is 12.1 Å². The molecule has 1 N–H and O–H groups in total. The highest BCUT2D eigenvalue weighted by molar-refractivity contribution is 5.75. The molecular weight excluding hydrogens is 369 g/mol. The van der Waals surface area contributed by atoms with E-state index in [4.69, 9.17) is 4.74 Å². The van der Waals surface area contributed by atoms with Crippen molar-refractivity contribution >= 4 is 0 Å². The molecular formula is C21H19F3N2O2. The zero-order valence-electron chi connectivity index (χ0n) is 15.4. The Morgan fingerprint density at radius 1 is 1.04 bits per heavy atom. The number of rotatable bonds is 2. The molecule has 0 spiro atoms. The van der Waals surface area contributed by atoms with E-state index in [1.54, 1.807) is 26.1 Å². The van der Waals surface area contributed by atoms with Crippen LogP contribution in [0, 0.1) is 0 Å². The van der Waals surface area contributed by atoms with Crippen molar-refractivity contribution in [2.24, 2.45) is 0 Å². The molecule has 0 bridgehead atoms. The van der Waals surface area contributed by atoms with Crippen molar-refractivity contribution in [1.29, 1.82) is 0 Å². The third-order valence-corrected chi connectivity index (χ3v) is 4.82. The van der Waals surface area contributed by atoms with Crippen LogP contribution in [0.5, 0.6) is 5.75 Å².